The first-order valence-electron chi connectivity index (χ1n) is 5.08. The van der Waals surface area contributed by atoms with E-state index in [1.807, 2.05) is 0 Å². The molecule has 10 nitrogen and oxygen atoms in total. The average molecular weight is 304 g/mol. The molecule has 0 saturated heterocycles. The standard InChI is InChI=1S/C8H17O10P/c1-3(9)5(11)7(13)8(14)6(12)4(10)2-18-19(15,16)17/h4-8,10-14H,2H2,1H3,(H2,15,16,17)/t4-,5-,6-,7+,8-/m1/s1. The van der Waals surface area contributed by atoms with Gasteiger partial charge < -0.3 is 35.3 Å². The Morgan fingerprint density at radius 2 is 1.53 bits per heavy atom. The lowest BCUT2D eigenvalue weighted by molar-refractivity contribution is -0.153. The molecule has 0 aliphatic heterocycles. The molecule has 0 unspecified atom stereocenters. The summed E-state index contributed by atoms with van der Waals surface area (Å²) >= 11 is 0. The Balaban J connectivity index is 4.50. The van der Waals surface area contributed by atoms with Crippen LogP contribution in [0.15, 0.2) is 0 Å². The van der Waals surface area contributed by atoms with Crippen molar-refractivity contribution in [1.82, 2.24) is 0 Å². The number of ketones is 1. The zero-order chi connectivity index (χ0) is 15.4. The van der Waals surface area contributed by atoms with E-state index in [0.717, 1.165) is 6.92 Å². The van der Waals surface area contributed by atoms with Gasteiger partial charge in [0, 0.05) is 0 Å². The van der Waals surface area contributed by atoms with Crippen LogP contribution in [0.2, 0.25) is 0 Å². The van der Waals surface area contributed by atoms with Crippen LogP contribution < -0.4 is 0 Å². The van der Waals surface area contributed by atoms with Crippen molar-refractivity contribution in [3.8, 4) is 0 Å². The van der Waals surface area contributed by atoms with E-state index in [-0.39, 0.29) is 0 Å². The second-order valence-electron chi connectivity index (χ2n) is 3.88. The van der Waals surface area contributed by atoms with Gasteiger partial charge in [0.2, 0.25) is 0 Å². The topological polar surface area (TPSA) is 185 Å². The summed E-state index contributed by atoms with van der Waals surface area (Å²) in [4.78, 5) is 27.5. The molecule has 0 rings (SSSR count). The maximum absolute atomic E-state index is 10.7. The van der Waals surface area contributed by atoms with Crippen LogP contribution in [-0.4, -0.2) is 78.2 Å². The molecule has 0 heterocycles. The van der Waals surface area contributed by atoms with Crippen molar-refractivity contribution < 1.29 is 49.2 Å². The third-order valence-electron chi connectivity index (χ3n) is 2.25. The Hall–Kier alpha value is -0.420. The molecule has 11 heteroatoms. The van der Waals surface area contributed by atoms with E-state index < -0.39 is 50.7 Å². The molecule has 5 atom stereocenters. The highest BCUT2D eigenvalue weighted by molar-refractivity contribution is 7.46. The first-order chi connectivity index (χ1) is 8.47. The summed E-state index contributed by atoms with van der Waals surface area (Å²) in [6.07, 6.45) is -10.2. The van der Waals surface area contributed by atoms with Crippen LogP contribution in [-0.2, 0) is 13.9 Å². The maximum Gasteiger partial charge on any atom is 0.469 e. The number of carbonyl (C=O) groups is 1. The van der Waals surface area contributed by atoms with E-state index in [2.05, 4.69) is 4.52 Å². The number of carbonyl (C=O) groups excluding carboxylic acids is 1. The largest absolute Gasteiger partial charge is 0.469 e. The second-order valence-corrected chi connectivity index (χ2v) is 5.12. The molecule has 19 heavy (non-hydrogen) atoms. The zero-order valence-corrected chi connectivity index (χ0v) is 10.8. The highest BCUT2D eigenvalue weighted by Crippen LogP contribution is 2.35. The fraction of sp³-hybridized carbons (Fsp3) is 0.875. The summed E-state index contributed by atoms with van der Waals surface area (Å²) in [7, 11) is -4.87. The highest BCUT2D eigenvalue weighted by atomic mass is 31.2. The number of rotatable bonds is 8. The molecule has 0 spiro atoms. The quantitative estimate of drug-likeness (QED) is 0.222. The van der Waals surface area contributed by atoms with E-state index >= 15 is 0 Å². The lowest BCUT2D eigenvalue weighted by Gasteiger charge is -2.28. The summed E-state index contributed by atoms with van der Waals surface area (Å²) in [5.74, 6) is -0.875. The molecule has 0 aliphatic rings. The molecular weight excluding hydrogens is 287 g/mol. The monoisotopic (exact) mass is 304 g/mol. The van der Waals surface area contributed by atoms with E-state index in [4.69, 9.17) is 14.9 Å². The molecule has 0 radical (unpaired) electrons. The fourth-order valence-electron chi connectivity index (χ4n) is 1.13. The molecular formula is C8H17O10P. The van der Waals surface area contributed by atoms with E-state index in [1.54, 1.807) is 0 Å². The van der Waals surface area contributed by atoms with Crippen molar-refractivity contribution >= 4 is 13.6 Å². The smallest absolute Gasteiger partial charge is 0.388 e. The van der Waals surface area contributed by atoms with Gasteiger partial charge in [-0.2, -0.15) is 0 Å². The fourth-order valence-corrected chi connectivity index (χ4v) is 1.48. The van der Waals surface area contributed by atoms with Crippen molar-refractivity contribution in [2.75, 3.05) is 6.61 Å². The number of phosphoric acid groups is 1. The first kappa shape index (κ1) is 18.6. The molecule has 7 N–H and O–H groups in total. The minimum absolute atomic E-state index is 0.875. The van der Waals surface area contributed by atoms with Crippen LogP contribution >= 0.6 is 7.82 Å². The van der Waals surface area contributed by atoms with Gasteiger partial charge in [-0.3, -0.25) is 9.32 Å². The van der Waals surface area contributed by atoms with Gasteiger partial charge in [-0.15, -0.1) is 0 Å². The van der Waals surface area contributed by atoms with Crippen molar-refractivity contribution in [1.29, 1.82) is 0 Å². The molecule has 0 saturated carbocycles. The van der Waals surface area contributed by atoms with Crippen LogP contribution in [0.1, 0.15) is 6.92 Å². The number of aliphatic hydroxyl groups excluding tert-OH is 5. The van der Waals surface area contributed by atoms with Crippen molar-refractivity contribution in [3.63, 3.8) is 0 Å². The molecule has 0 fully saturated rings. The second kappa shape index (κ2) is 7.39. The van der Waals surface area contributed by atoms with Gasteiger partial charge in [-0.1, -0.05) is 0 Å². The molecule has 0 bridgehead atoms. The Bertz CT molecular complexity index is 340. The Kier molecular flexibility index (Phi) is 7.22. The van der Waals surface area contributed by atoms with Gasteiger partial charge >= 0.3 is 7.82 Å². The van der Waals surface area contributed by atoms with Crippen LogP contribution in [0.5, 0.6) is 0 Å². The number of aliphatic hydroxyl groups is 5. The third kappa shape index (κ3) is 6.52. The molecule has 0 aromatic carbocycles. The molecule has 0 aliphatic carbocycles. The van der Waals surface area contributed by atoms with Gasteiger partial charge in [0.1, 0.15) is 30.5 Å². The Labute approximate surface area is 108 Å². The number of hydrogen-bond acceptors (Lipinski definition) is 8. The third-order valence-corrected chi connectivity index (χ3v) is 2.73. The van der Waals surface area contributed by atoms with Crippen LogP contribution in [0.4, 0.5) is 0 Å². The summed E-state index contributed by atoms with van der Waals surface area (Å²) in [6, 6.07) is 0. The minimum atomic E-state index is -4.87. The van der Waals surface area contributed by atoms with Crippen molar-refractivity contribution in [2.24, 2.45) is 0 Å². The van der Waals surface area contributed by atoms with Crippen LogP contribution in [0.25, 0.3) is 0 Å². The van der Waals surface area contributed by atoms with Gasteiger partial charge in [0.25, 0.3) is 0 Å². The van der Waals surface area contributed by atoms with E-state index in [9.17, 15) is 29.8 Å². The zero-order valence-electron chi connectivity index (χ0n) is 9.90. The molecule has 0 aromatic rings. The van der Waals surface area contributed by atoms with Crippen molar-refractivity contribution in [3.05, 3.63) is 0 Å². The predicted octanol–water partition coefficient (Wildman–Crippen LogP) is -3.51. The SMILES string of the molecule is CC(=O)[C@@H](O)[C@H](O)[C@H](O)[C@H](O)[C@H](O)COP(=O)(O)O. The van der Waals surface area contributed by atoms with Crippen LogP contribution in [0.3, 0.4) is 0 Å². The number of hydrogen-bond donors (Lipinski definition) is 7. The van der Waals surface area contributed by atoms with Gasteiger partial charge in [0.05, 0.1) is 6.61 Å². The minimum Gasteiger partial charge on any atom is -0.388 e. The van der Waals surface area contributed by atoms with Gasteiger partial charge in [-0.05, 0) is 6.92 Å². The molecule has 0 aromatic heterocycles. The van der Waals surface area contributed by atoms with Gasteiger partial charge in [0.15, 0.2) is 5.78 Å². The average Bonchev–Trinajstić information content (AvgIpc) is 2.30. The number of phosphoric ester groups is 1. The lowest BCUT2D eigenvalue weighted by atomic mass is 9.98. The highest BCUT2D eigenvalue weighted by Gasteiger charge is 2.36. The summed E-state index contributed by atoms with van der Waals surface area (Å²) < 4.78 is 14.2. The Morgan fingerprint density at radius 1 is 1.05 bits per heavy atom. The predicted molar refractivity (Wildman–Crippen MR) is 58.7 cm³/mol. The summed E-state index contributed by atoms with van der Waals surface area (Å²) in [5.41, 5.74) is 0. The van der Waals surface area contributed by atoms with Crippen molar-refractivity contribution in [2.45, 2.75) is 37.4 Å². The lowest BCUT2D eigenvalue weighted by Crippen LogP contribution is -2.51. The summed E-state index contributed by atoms with van der Waals surface area (Å²) in [5, 5.41) is 46.5. The van der Waals surface area contributed by atoms with E-state index in [0.29, 0.717) is 0 Å². The maximum atomic E-state index is 10.7. The molecule has 0 amide bonds. The van der Waals surface area contributed by atoms with E-state index in [1.165, 1.54) is 0 Å². The first-order valence-corrected chi connectivity index (χ1v) is 6.61. The van der Waals surface area contributed by atoms with Crippen LogP contribution in [0, 0.1) is 0 Å². The number of Topliss-reactive ketones (excluding diaryl/α,β-unsaturated/α-hetero) is 1. The van der Waals surface area contributed by atoms with Gasteiger partial charge in [-0.25, -0.2) is 4.57 Å². The molecule has 114 valence electrons. The Morgan fingerprint density at radius 3 is 1.89 bits per heavy atom. The summed E-state index contributed by atoms with van der Waals surface area (Å²) in [6.45, 7) is -0.0916. The normalized spacial score (nSPS) is 20.4.